The average molecular weight is 157 g/mol. The van der Waals surface area contributed by atoms with Crippen molar-refractivity contribution in [2.24, 2.45) is 0 Å². The Morgan fingerprint density at radius 1 is 1.33 bits per heavy atom. The Balaban J connectivity index is 2.48. The van der Waals surface area contributed by atoms with E-state index in [0.29, 0.717) is 0 Å². The van der Waals surface area contributed by atoms with E-state index < -0.39 is 0 Å². The molecule has 0 aliphatic heterocycles. The highest BCUT2D eigenvalue weighted by Gasteiger charge is 1.93. The number of imidazole rings is 1. The van der Waals surface area contributed by atoms with E-state index in [4.69, 9.17) is 0 Å². The predicted molar refractivity (Wildman–Crippen MR) is 48.0 cm³/mol. The Hall–Kier alpha value is -1.57. The molecule has 12 heavy (non-hydrogen) atoms. The van der Waals surface area contributed by atoms with Gasteiger partial charge in [-0.1, -0.05) is 12.1 Å². The molecule has 0 aliphatic rings. The minimum Gasteiger partial charge on any atom is -0.306 e. The van der Waals surface area contributed by atoms with Gasteiger partial charge in [-0.2, -0.15) is 0 Å². The van der Waals surface area contributed by atoms with Gasteiger partial charge in [0.2, 0.25) is 0 Å². The molecule has 0 unspecified atom stereocenters. The minimum atomic E-state index is 1.02. The maximum Gasteiger partial charge on any atom is 0.0991 e. The van der Waals surface area contributed by atoms with Gasteiger partial charge >= 0.3 is 0 Å². The van der Waals surface area contributed by atoms with Gasteiger partial charge in [0.15, 0.2) is 0 Å². The summed E-state index contributed by atoms with van der Waals surface area (Å²) in [6.07, 6.45) is 5.44. The fraction of sp³-hybridized carbons (Fsp3) is 0. The maximum absolute atomic E-state index is 3.97. The van der Waals surface area contributed by atoms with Gasteiger partial charge < -0.3 is 4.57 Å². The molecule has 2 heteroatoms. The fourth-order valence-corrected chi connectivity index (χ4v) is 1.13. The van der Waals surface area contributed by atoms with Gasteiger partial charge in [-0.25, -0.2) is 4.98 Å². The minimum absolute atomic E-state index is 1.02. The summed E-state index contributed by atoms with van der Waals surface area (Å²) in [5.41, 5.74) is 2.11. The monoisotopic (exact) mass is 157 g/mol. The van der Waals surface area contributed by atoms with E-state index in [-0.39, 0.29) is 0 Å². The standard InChI is InChI=1S/C10H9N2/c1-9-3-2-4-10(7-9)12-6-5-11-8-12/h2-8H,1H2. The summed E-state index contributed by atoms with van der Waals surface area (Å²) in [6.45, 7) is 3.86. The lowest BCUT2D eigenvalue weighted by molar-refractivity contribution is 1.06. The molecular formula is C10H9N2. The summed E-state index contributed by atoms with van der Waals surface area (Å²) < 4.78 is 1.95. The van der Waals surface area contributed by atoms with Crippen LogP contribution in [0.15, 0.2) is 43.0 Å². The number of nitrogens with zero attached hydrogens (tertiary/aromatic N) is 2. The Morgan fingerprint density at radius 2 is 2.25 bits per heavy atom. The second-order valence-corrected chi connectivity index (χ2v) is 2.64. The molecular weight excluding hydrogens is 148 g/mol. The summed E-state index contributed by atoms with van der Waals surface area (Å²) in [5.74, 6) is 0. The topological polar surface area (TPSA) is 17.8 Å². The van der Waals surface area contributed by atoms with Gasteiger partial charge in [0, 0.05) is 18.1 Å². The largest absolute Gasteiger partial charge is 0.306 e. The first-order valence-corrected chi connectivity index (χ1v) is 3.76. The lowest BCUT2D eigenvalue weighted by Gasteiger charge is -2.01. The van der Waals surface area contributed by atoms with E-state index in [1.54, 1.807) is 12.5 Å². The molecule has 0 amide bonds. The Bertz CT molecular complexity index is 363. The molecule has 1 aromatic heterocycles. The molecule has 0 aliphatic carbocycles. The molecule has 0 fully saturated rings. The van der Waals surface area contributed by atoms with Crippen molar-refractivity contribution in [2.75, 3.05) is 0 Å². The Labute approximate surface area is 71.5 Å². The van der Waals surface area contributed by atoms with Gasteiger partial charge in [0.1, 0.15) is 0 Å². The normalized spacial score (nSPS) is 10.1. The molecule has 0 saturated heterocycles. The molecule has 0 bridgehead atoms. The van der Waals surface area contributed by atoms with Crippen LogP contribution in [0.4, 0.5) is 0 Å². The van der Waals surface area contributed by atoms with Crippen molar-refractivity contribution >= 4 is 0 Å². The van der Waals surface area contributed by atoms with Crippen LogP contribution in [-0.2, 0) is 0 Å². The number of benzene rings is 1. The third kappa shape index (κ3) is 1.23. The zero-order chi connectivity index (χ0) is 8.39. The smallest absolute Gasteiger partial charge is 0.0991 e. The Morgan fingerprint density at radius 3 is 2.92 bits per heavy atom. The van der Waals surface area contributed by atoms with Crippen LogP contribution in [0.3, 0.4) is 0 Å². The highest BCUT2D eigenvalue weighted by molar-refractivity contribution is 5.36. The van der Waals surface area contributed by atoms with Gasteiger partial charge in [0.05, 0.1) is 6.33 Å². The van der Waals surface area contributed by atoms with Crippen LogP contribution in [0.5, 0.6) is 0 Å². The van der Waals surface area contributed by atoms with Gasteiger partial charge in [-0.05, 0) is 24.6 Å². The maximum atomic E-state index is 3.97. The molecule has 0 atom stereocenters. The first-order chi connectivity index (χ1) is 5.86. The molecule has 0 spiro atoms. The summed E-state index contributed by atoms with van der Waals surface area (Å²) in [4.78, 5) is 3.97. The van der Waals surface area contributed by atoms with Gasteiger partial charge in [-0.3, -0.25) is 0 Å². The lowest BCUT2D eigenvalue weighted by atomic mass is 10.2. The van der Waals surface area contributed by atoms with Crippen LogP contribution in [-0.4, -0.2) is 9.55 Å². The molecule has 1 aromatic carbocycles. The second-order valence-electron chi connectivity index (χ2n) is 2.64. The summed E-state index contributed by atoms with van der Waals surface area (Å²) in [5, 5.41) is 0. The third-order valence-corrected chi connectivity index (χ3v) is 1.71. The SMILES string of the molecule is [CH2]c1cccc(-n2ccnc2)c1. The van der Waals surface area contributed by atoms with Crippen LogP contribution in [0.25, 0.3) is 5.69 Å². The van der Waals surface area contributed by atoms with E-state index in [2.05, 4.69) is 11.9 Å². The van der Waals surface area contributed by atoms with Crippen molar-refractivity contribution < 1.29 is 0 Å². The van der Waals surface area contributed by atoms with E-state index in [1.165, 1.54) is 0 Å². The van der Waals surface area contributed by atoms with Crippen LogP contribution in [0.1, 0.15) is 5.56 Å². The average Bonchev–Trinajstić information content (AvgIpc) is 2.56. The van der Waals surface area contributed by atoms with Crippen molar-refractivity contribution in [3.05, 3.63) is 55.5 Å². The Kier molecular flexibility index (Phi) is 1.67. The van der Waals surface area contributed by atoms with Crippen LogP contribution in [0, 0.1) is 6.92 Å². The highest BCUT2D eigenvalue weighted by atomic mass is 15.0. The van der Waals surface area contributed by atoms with E-state index in [9.17, 15) is 0 Å². The zero-order valence-electron chi connectivity index (χ0n) is 6.64. The molecule has 0 N–H and O–H groups in total. The fourth-order valence-electron chi connectivity index (χ4n) is 1.13. The quantitative estimate of drug-likeness (QED) is 0.619. The van der Waals surface area contributed by atoms with Crippen LogP contribution in [0.2, 0.25) is 0 Å². The van der Waals surface area contributed by atoms with Crippen molar-refractivity contribution in [2.45, 2.75) is 0 Å². The molecule has 2 aromatic rings. The van der Waals surface area contributed by atoms with Gasteiger partial charge in [0.25, 0.3) is 0 Å². The molecule has 1 radical (unpaired) electrons. The van der Waals surface area contributed by atoms with Crippen molar-refractivity contribution in [3.8, 4) is 5.69 Å². The van der Waals surface area contributed by atoms with Crippen molar-refractivity contribution in [3.63, 3.8) is 0 Å². The molecule has 0 saturated carbocycles. The summed E-state index contributed by atoms with van der Waals surface area (Å²) >= 11 is 0. The second kappa shape index (κ2) is 2.81. The lowest BCUT2D eigenvalue weighted by Crippen LogP contribution is -1.89. The highest BCUT2D eigenvalue weighted by Crippen LogP contribution is 2.08. The number of hydrogen-bond donors (Lipinski definition) is 0. The third-order valence-electron chi connectivity index (χ3n) is 1.71. The van der Waals surface area contributed by atoms with E-state index >= 15 is 0 Å². The number of aromatic nitrogens is 2. The summed E-state index contributed by atoms with van der Waals surface area (Å²) in [6, 6.07) is 8.00. The molecule has 2 rings (SSSR count). The number of rotatable bonds is 1. The van der Waals surface area contributed by atoms with Crippen LogP contribution >= 0.6 is 0 Å². The van der Waals surface area contributed by atoms with E-state index in [1.807, 2.05) is 35.0 Å². The van der Waals surface area contributed by atoms with Crippen molar-refractivity contribution in [1.29, 1.82) is 0 Å². The first kappa shape index (κ1) is 7.10. The van der Waals surface area contributed by atoms with Gasteiger partial charge in [-0.15, -0.1) is 0 Å². The molecule has 59 valence electrons. The summed E-state index contributed by atoms with van der Waals surface area (Å²) in [7, 11) is 0. The number of hydrogen-bond acceptors (Lipinski definition) is 1. The van der Waals surface area contributed by atoms with Crippen molar-refractivity contribution in [1.82, 2.24) is 9.55 Å². The first-order valence-electron chi connectivity index (χ1n) is 3.76. The van der Waals surface area contributed by atoms with E-state index in [0.717, 1.165) is 11.3 Å². The molecule has 2 nitrogen and oxygen atoms in total. The molecule has 1 heterocycles. The zero-order valence-corrected chi connectivity index (χ0v) is 6.64. The van der Waals surface area contributed by atoms with Crippen LogP contribution < -0.4 is 0 Å². The predicted octanol–water partition coefficient (Wildman–Crippen LogP) is 2.05.